The fourth-order valence-electron chi connectivity index (χ4n) is 1.60. The molecule has 0 bridgehead atoms. The van der Waals surface area contributed by atoms with E-state index in [1.54, 1.807) is 23.8 Å². The Kier molecular flexibility index (Phi) is 3.91. The summed E-state index contributed by atoms with van der Waals surface area (Å²) in [5, 5.41) is 2.86. The fourth-order valence-corrected chi connectivity index (χ4v) is 2.13. The van der Waals surface area contributed by atoms with Gasteiger partial charge in [0.2, 0.25) is 0 Å². The number of hydrogen-bond donors (Lipinski definition) is 3. The van der Waals surface area contributed by atoms with E-state index in [2.05, 4.69) is 15.7 Å². The first-order chi connectivity index (χ1) is 8.70. The molecule has 0 unspecified atom stereocenters. The predicted octanol–water partition coefficient (Wildman–Crippen LogP) is 1.67. The zero-order valence-corrected chi connectivity index (χ0v) is 10.8. The van der Waals surface area contributed by atoms with Crippen molar-refractivity contribution in [1.82, 2.24) is 10.3 Å². The van der Waals surface area contributed by atoms with E-state index in [1.165, 1.54) is 11.3 Å². The van der Waals surface area contributed by atoms with Crippen LogP contribution >= 0.6 is 11.3 Å². The summed E-state index contributed by atoms with van der Waals surface area (Å²) < 4.78 is 0. The first-order valence-electron chi connectivity index (χ1n) is 5.43. The largest absolute Gasteiger partial charge is 0.347 e. The Morgan fingerprint density at radius 3 is 2.94 bits per heavy atom. The van der Waals surface area contributed by atoms with Crippen LogP contribution < -0.4 is 16.6 Å². The topological polar surface area (TPSA) is 80.0 Å². The molecule has 5 nitrogen and oxygen atoms in total. The molecular weight excluding hydrogens is 248 g/mol. The molecule has 0 aliphatic heterocycles. The number of thiazole rings is 1. The number of nitrogens with one attached hydrogen (secondary N) is 2. The van der Waals surface area contributed by atoms with E-state index in [0.717, 1.165) is 16.1 Å². The number of rotatable bonds is 4. The number of carbonyl (C=O) groups excluding carboxylic acids is 1. The van der Waals surface area contributed by atoms with Gasteiger partial charge in [0.25, 0.3) is 5.91 Å². The second-order valence-corrected chi connectivity index (χ2v) is 4.80. The molecule has 0 fully saturated rings. The summed E-state index contributed by atoms with van der Waals surface area (Å²) in [6.45, 7) is 2.38. The Bertz CT molecular complexity index is 539. The number of aryl methyl sites for hydroxylation is 1. The highest BCUT2D eigenvalue weighted by Gasteiger charge is 2.09. The molecule has 1 amide bonds. The SMILES string of the molecule is Cc1cc(NN)ccc1C(=O)NCc1cncs1. The van der Waals surface area contributed by atoms with Crippen LogP contribution in [0.15, 0.2) is 29.9 Å². The van der Waals surface area contributed by atoms with Crippen LogP contribution in [0.5, 0.6) is 0 Å². The number of amides is 1. The van der Waals surface area contributed by atoms with Gasteiger partial charge in [0.1, 0.15) is 0 Å². The van der Waals surface area contributed by atoms with Crippen molar-refractivity contribution in [3.05, 3.63) is 45.9 Å². The maximum atomic E-state index is 12.0. The van der Waals surface area contributed by atoms with Crippen molar-refractivity contribution >= 4 is 22.9 Å². The summed E-state index contributed by atoms with van der Waals surface area (Å²) in [4.78, 5) is 17.0. The second kappa shape index (κ2) is 5.61. The molecule has 0 aliphatic rings. The summed E-state index contributed by atoms with van der Waals surface area (Å²) in [5.41, 5.74) is 6.61. The van der Waals surface area contributed by atoms with Gasteiger partial charge in [-0.15, -0.1) is 11.3 Å². The summed E-state index contributed by atoms with van der Waals surface area (Å²) in [7, 11) is 0. The average Bonchev–Trinajstić information content (AvgIpc) is 2.88. The van der Waals surface area contributed by atoms with Crippen LogP contribution in [-0.2, 0) is 6.54 Å². The number of nitrogens with zero attached hydrogens (tertiary/aromatic N) is 1. The normalized spacial score (nSPS) is 10.1. The molecule has 2 aromatic rings. The molecule has 2 rings (SSSR count). The van der Waals surface area contributed by atoms with Crippen LogP contribution in [0, 0.1) is 6.92 Å². The van der Waals surface area contributed by atoms with E-state index >= 15 is 0 Å². The molecule has 0 atom stereocenters. The molecule has 0 aliphatic carbocycles. The number of benzene rings is 1. The molecule has 0 saturated carbocycles. The van der Waals surface area contributed by atoms with Crippen LogP contribution in [-0.4, -0.2) is 10.9 Å². The van der Waals surface area contributed by atoms with Crippen molar-refractivity contribution in [1.29, 1.82) is 0 Å². The first-order valence-corrected chi connectivity index (χ1v) is 6.31. The monoisotopic (exact) mass is 262 g/mol. The number of carbonyl (C=O) groups is 1. The zero-order valence-electron chi connectivity index (χ0n) is 9.93. The standard InChI is InChI=1S/C12H14N4OS/c1-8-4-9(16-13)2-3-11(8)12(17)15-6-10-5-14-7-18-10/h2-5,7,16H,6,13H2,1H3,(H,15,17). The Labute approximate surface area is 109 Å². The second-order valence-electron chi connectivity index (χ2n) is 3.82. The van der Waals surface area contributed by atoms with Crippen LogP contribution in [0.4, 0.5) is 5.69 Å². The summed E-state index contributed by atoms with van der Waals surface area (Å²) >= 11 is 1.52. The summed E-state index contributed by atoms with van der Waals surface area (Å²) in [5.74, 6) is 5.22. The Morgan fingerprint density at radius 2 is 2.33 bits per heavy atom. The van der Waals surface area contributed by atoms with Gasteiger partial charge in [-0.05, 0) is 30.7 Å². The van der Waals surface area contributed by atoms with Crippen molar-refractivity contribution in [2.45, 2.75) is 13.5 Å². The quantitative estimate of drug-likeness (QED) is 0.578. The smallest absolute Gasteiger partial charge is 0.251 e. The third-order valence-electron chi connectivity index (χ3n) is 2.54. The zero-order chi connectivity index (χ0) is 13.0. The van der Waals surface area contributed by atoms with E-state index < -0.39 is 0 Å². The highest BCUT2D eigenvalue weighted by atomic mass is 32.1. The van der Waals surface area contributed by atoms with Crippen LogP contribution in [0.3, 0.4) is 0 Å². The molecule has 18 heavy (non-hydrogen) atoms. The van der Waals surface area contributed by atoms with Crippen molar-refractivity contribution in [2.75, 3.05) is 5.43 Å². The lowest BCUT2D eigenvalue weighted by molar-refractivity contribution is 0.0950. The third-order valence-corrected chi connectivity index (χ3v) is 3.32. The molecule has 6 heteroatoms. The highest BCUT2D eigenvalue weighted by Crippen LogP contribution is 2.14. The number of anilines is 1. The third kappa shape index (κ3) is 2.85. The molecule has 1 heterocycles. The van der Waals surface area contributed by atoms with Gasteiger partial charge in [-0.25, -0.2) is 0 Å². The lowest BCUT2D eigenvalue weighted by atomic mass is 10.1. The average molecular weight is 262 g/mol. The Morgan fingerprint density at radius 1 is 1.50 bits per heavy atom. The van der Waals surface area contributed by atoms with E-state index in [-0.39, 0.29) is 5.91 Å². The van der Waals surface area contributed by atoms with Gasteiger partial charge in [0, 0.05) is 22.3 Å². The van der Waals surface area contributed by atoms with Crippen molar-refractivity contribution in [3.8, 4) is 0 Å². The van der Waals surface area contributed by atoms with E-state index in [1.807, 2.05) is 13.0 Å². The molecule has 1 aromatic carbocycles. The van der Waals surface area contributed by atoms with Crippen molar-refractivity contribution in [3.63, 3.8) is 0 Å². The highest BCUT2D eigenvalue weighted by molar-refractivity contribution is 7.09. The summed E-state index contributed by atoms with van der Waals surface area (Å²) in [6, 6.07) is 5.36. The van der Waals surface area contributed by atoms with E-state index in [9.17, 15) is 4.79 Å². The predicted molar refractivity (Wildman–Crippen MR) is 72.3 cm³/mol. The Hall–Kier alpha value is -1.92. The number of nitrogen functional groups attached to an aromatic ring is 1. The van der Waals surface area contributed by atoms with E-state index in [0.29, 0.717) is 12.1 Å². The van der Waals surface area contributed by atoms with E-state index in [4.69, 9.17) is 5.84 Å². The van der Waals surface area contributed by atoms with Gasteiger partial charge < -0.3 is 10.7 Å². The molecule has 4 N–H and O–H groups in total. The minimum Gasteiger partial charge on any atom is -0.347 e. The lowest BCUT2D eigenvalue weighted by Crippen LogP contribution is -2.23. The maximum absolute atomic E-state index is 12.0. The minimum atomic E-state index is -0.0931. The fraction of sp³-hybridized carbons (Fsp3) is 0.167. The lowest BCUT2D eigenvalue weighted by Gasteiger charge is -2.08. The van der Waals surface area contributed by atoms with Crippen LogP contribution in [0.1, 0.15) is 20.8 Å². The van der Waals surface area contributed by atoms with Gasteiger partial charge in [-0.1, -0.05) is 0 Å². The molecule has 1 aromatic heterocycles. The minimum absolute atomic E-state index is 0.0931. The molecule has 0 spiro atoms. The Balaban J connectivity index is 2.04. The van der Waals surface area contributed by atoms with Crippen LogP contribution in [0.25, 0.3) is 0 Å². The van der Waals surface area contributed by atoms with Gasteiger partial charge in [0.15, 0.2) is 0 Å². The number of hydrogen-bond acceptors (Lipinski definition) is 5. The van der Waals surface area contributed by atoms with Crippen molar-refractivity contribution < 1.29 is 4.79 Å². The number of nitrogens with two attached hydrogens (primary N) is 1. The first kappa shape index (κ1) is 12.5. The van der Waals surface area contributed by atoms with Crippen LogP contribution in [0.2, 0.25) is 0 Å². The molecule has 94 valence electrons. The van der Waals surface area contributed by atoms with Crippen molar-refractivity contribution in [2.24, 2.45) is 5.84 Å². The van der Waals surface area contributed by atoms with Gasteiger partial charge in [-0.2, -0.15) is 0 Å². The van der Waals surface area contributed by atoms with Gasteiger partial charge in [-0.3, -0.25) is 15.6 Å². The summed E-state index contributed by atoms with van der Waals surface area (Å²) in [6.07, 6.45) is 1.75. The molecule has 0 saturated heterocycles. The van der Waals surface area contributed by atoms with Gasteiger partial charge >= 0.3 is 0 Å². The maximum Gasteiger partial charge on any atom is 0.251 e. The number of aromatic nitrogens is 1. The van der Waals surface area contributed by atoms with Gasteiger partial charge in [0.05, 0.1) is 12.1 Å². The molecule has 0 radical (unpaired) electrons. The number of hydrazine groups is 1. The molecular formula is C12H14N4OS.